The average molecular weight is 419 g/mol. The van der Waals surface area contributed by atoms with Crippen LogP contribution >= 0.6 is 23.1 Å². The number of thiophene rings is 1. The molecule has 146 valence electrons. The maximum atomic E-state index is 12.9. The molecule has 0 bridgehead atoms. The number of benzene rings is 1. The molecule has 0 radical (unpaired) electrons. The van der Waals surface area contributed by atoms with Crippen molar-refractivity contribution >= 4 is 50.8 Å². The number of thioether (sulfide) groups is 1. The molecule has 0 aliphatic heterocycles. The molecule has 1 N–H and O–H groups in total. The van der Waals surface area contributed by atoms with Crippen LogP contribution in [0.4, 0.5) is 10.1 Å². The summed E-state index contributed by atoms with van der Waals surface area (Å²) in [7, 11) is 1.57. The summed E-state index contributed by atoms with van der Waals surface area (Å²) in [6.45, 7) is 3.97. The molecule has 0 unspecified atom stereocenters. The number of rotatable bonds is 6. The van der Waals surface area contributed by atoms with Crippen LogP contribution in [-0.4, -0.2) is 46.0 Å². The summed E-state index contributed by atoms with van der Waals surface area (Å²) in [4.78, 5) is 36.5. The zero-order chi connectivity index (χ0) is 20.3. The summed E-state index contributed by atoms with van der Waals surface area (Å²) in [6.07, 6.45) is 1.50. The van der Waals surface area contributed by atoms with Crippen molar-refractivity contribution in [2.45, 2.75) is 18.9 Å². The number of aromatic nitrogens is 2. The highest BCUT2D eigenvalue weighted by Gasteiger charge is 2.17. The summed E-state index contributed by atoms with van der Waals surface area (Å²) in [5.74, 6) is -0.741. The van der Waals surface area contributed by atoms with Gasteiger partial charge in [-0.1, -0.05) is 11.8 Å². The molecule has 0 aliphatic rings. The van der Waals surface area contributed by atoms with Gasteiger partial charge in [0.15, 0.2) is 0 Å². The third kappa shape index (κ3) is 4.66. The van der Waals surface area contributed by atoms with Crippen LogP contribution in [-0.2, 0) is 9.59 Å². The van der Waals surface area contributed by atoms with Gasteiger partial charge in [-0.25, -0.2) is 14.4 Å². The second-order valence-electron chi connectivity index (χ2n) is 6.24. The third-order valence-corrected chi connectivity index (χ3v) is 6.29. The average Bonchev–Trinajstić information content (AvgIpc) is 2.96. The van der Waals surface area contributed by atoms with Gasteiger partial charge in [0.25, 0.3) is 0 Å². The van der Waals surface area contributed by atoms with Crippen molar-refractivity contribution in [3.8, 4) is 0 Å². The number of aryl methyl sites for hydroxylation is 2. The number of fused-ring (bicyclic) bond motifs is 1. The first-order chi connectivity index (χ1) is 13.3. The van der Waals surface area contributed by atoms with Crippen LogP contribution in [0.3, 0.4) is 0 Å². The number of anilines is 1. The highest BCUT2D eigenvalue weighted by molar-refractivity contribution is 8.00. The van der Waals surface area contributed by atoms with Gasteiger partial charge in [0.2, 0.25) is 11.8 Å². The van der Waals surface area contributed by atoms with Gasteiger partial charge < -0.3 is 10.2 Å². The number of likely N-dealkylation sites (N-methyl/N-ethyl adjacent to an activating group) is 1. The monoisotopic (exact) mass is 418 g/mol. The lowest BCUT2D eigenvalue weighted by atomic mass is 10.2. The van der Waals surface area contributed by atoms with Gasteiger partial charge in [-0.15, -0.1) is 11.3 Å². The van der Waals surface area contributed by atoms with Gasteiger partial charge in [0.1, 0.15) is 22.0 Å². The zero-order valence-electron chi connectivity index (χ0n) is 15.7. The highest BCUT2D eigenvalue weighted by atomic mass is 32.2. The Bertz CT molecular complexity index is 1020. The first-order valence-electron chi connectivity index (χ1n) is 8.48. The minimum Gasteiger partial charge on any atom is -0.336 e. The van der Waals surface area contributed by atoms with E-state index < -0.39 is 0 Å². The lowest BCUT2D eigenvalue weighted by molar-refractivity contribution is -0.131. The molecule has 3 aromatic rings. The van der Waals surface area contributed by atoms with Gasteiger partial charge in [-0.05, 0) is 43.7 Å². The molecule has 0 saturated carbocycles. The minimum absolute atomic E-state index is 0.0907. The van der Waals surface area contributed by atoms with E-state index in [2.05, 4.69) is 15.3 Å². The highest BCUT2D eigenvalue weighted by Crippen LogP contribution is 2.34. The Kier molecular flexibility index (Phi) is 6.25. The SMILES string of the molecule is Cc1sc2ncnc(SCC(=O)N(C)CC(=O)Nc3ccc(F)cc3)c2c1C. The number of hydrogen-bond donors (Lipinski definition) is 1. The number of carbonyl (C=O) groups excluding carboxylic acids is 2. The smallest absolute Gasteiger partial charge is 0.243 e. The Morgan fingerprint density at radius 3 is 2.64 bits per heavy atom. The van der Waals surface area contributed by atoms with Crippen molar-refractivity contribution in [2.24, 2.45) is 0 Å². The first-order valence-corrected chi connectivity index (χ1v) is 10.3. The van der Waals surface area contributed by atoms with Crippen molar-refractivity contribution in [3.63, 3.8) is 0 Å². The summed E-state index contributed by atoms with van der Waals surface area (Å²) in [5, 5.41) is 4.39. The van der Waals surface area contributed by atoms with Crippen LogP contribution in [0.25, 0.3) is 10.2 Å². The second-order valence-corrected chi connectivity index (χ2v) is 8.40. The van der Waals surface area contributed by atoms with E-state index in [1.807, 2.05) is 13.8 Å². The lowest BCUT2D eigenvalue weighted by Gasteiger charge is -2.16. The number of carbonyl (C=O) groups is 2. The molecule has 2 aromatic heterocycles. The number of halogens is 1. The van der Waals surface area contributed by atoms with Gasteiger partial charge in [-0.2, -0.15) is 0 Å². The molecule has 0 atom stereocenters. The number of nitrogens with zero attached hydrogens (tertiary/aromatic N) is 3. The Hall–Kier alpha value is -2.52. The molecule has 28 heavy (non-hydrogen) atoms. The maximum Gasteiger partial charge on any atom is 0.243 e. The van der Waals surface area contributed by atoms with Crippen molar-refractivity contribution in [3.05, 3.63) is 46.9 Å². The van der Waals surface area contributed by atoms with Crippen molar-refractivity contribution in [1.82, 2.24) is 14.9 Å². The molecular formula is C19H19FN4O2S2. The van der Waals surface area contributed by atoms with Crippen LogP contribution < -0.4 is 5.32 Å². The molecule has 0 fully saturated rings. The van der Waals surface area contributed by atoms with E-state index in [0.29, 0.717) is 5.69 Å². The fraction of sp³-hybridized carbons (Fsp3) is 0.263. The second kappa shape index (κ2) is 8.66. The quantitative estimate of drug-likeness (QED) is 0.489. The Balaban J connectivity index is 1.57. The normalized spacial score (nSPS) is 10.9. The van der Waals surface area contributed by atoms with Crippen LogP contribution in [0.2, 0.25) is 0 Å². The molecule has 0 spiro atoms. The number of amides is 2. The van der Waals surface area contributed by atoms with E-state index in [1.165, 1.54) is 52.1 Å². The lowest BCUT2D eigenvalue weighted by Crippen LogP contribution is -2.35. The molecule has 0 saturated heterocycles. The van der Waals surface area contributed by atoms with Gasteiger partial charge >= 0.3 is 0 Å². The summed E-state index contributed by atoms with van der Waals surface area (Å²) >= 11 is 2.94. The minimum atomic E-state index is -0.378. The van der Waals surface area contributed by atoms with Crippen LogP contribution in [0, 0.1) is 19.7 Å². The summed E-state index contributed by atoms with van der Waals surface area (Å²) in [6, 6.07) is 5.46. The van der Waals surface area contributed by atoms with Crippen LogP contribution in [0.5, 0.6) is 0 Å². The Morgan fingerprint density at radius 1 is 1.21 bits per heavy atom. The molecule has 2 amide bonds. The molecule has 3 rings (SSSR count). The van der Waals surface area contributed by atoms with Crippen LogP contribution in [0.15, 0.2) is 35.6 Å². The van der Waals surface area contributed by atoms with E-state index in [0.717, 1.165) is 20.8 Å². The predicted molar refractivity (Wildman–Crippen MR) is 110 cm³/mol. The molecule has 2 heterocycles. The fourth-order valence-corrected chi connectivity index (χ4v) is 4.59. The first kappa shape index (κ1) is 20.2. The third-order valence-electron chi connectivity index (χ3n) is 4.20. The van der Waals surface area contributed by atoms with Gasteiger partial charge in [0.05, 0.1) is 12.3 Å². The van der Waals surface area contributed by atoms with E-state index in [4.69, 9.17) is 0 Å². The largest absolute Gasteiger partial charge is 0.336 e. The molecular weight excluding hydrogens is 399 g/mol. The van der Waals surface area contributed by atoms with E-state index in [1.54, 1.807) is 18.4 Å². The number of hydrogen-bond acceptors (Lipinski definition) is 6. The van der Waals surface area contributed by atoms with Crippen LogP contribution in [0.1, 0.15) is 10.4 Å². The summed E-state index contributed by atoms with van der Waals surface area (Å²) in [5.41, 5.74) is 1.61. The fourth-order valence-electron chi connectivity index (χ4n) is 2.54. The topological polar surface area (TPSA) is 75.2 Å². The standard InChI is InChI=1S/C19H19FN4O2S2/c1-11-12(2)28-19-17(11)18(21-10-22-19)27-9-16(26)24(3)8-15(25)23-14-6-4-13(20)5-7-14/h4-7,10H,8-9H2,1-3H3,(H,23,25). The van der Waals surface area contributed by atoms with Crippen molar-refractivity contribution < 1.29 is 14.0 Å². The van der Waals surface area contributed by atoms with E-state index in [9.17, 15) is 14.0 Å². The van der Waals surface area contributed by atoms with Gasteiger partial charge in [0, 0.05) is 23.0 Å². The number of nitrogens with one attached hydrogen (secondary N) is 1. The molecule has 1 aromatic carbocycles. The molecule has 6 nitrogen and oxygen atoms in total. The van der Waals surface area contributed by atoms with Crippen molar-refractivity contribution in [1.29, 1.82) is 0 Å². The molecule has 9 heteroatoms. The maximum absolute atomic E-state index is 12.9. The zero-order valence-corrected chi connectivity index (χ0v) is 17.3. The van der Waals surface area contributed by atoms with Crippen molar-refractivity contribution in [2.75, 3.05) is 24.7 Å². The predicted octanol–water partition coefficient (Wildman–Crippen LogP) is 3.64. The Morgan fingerprint density at radius 2 is 1.93 bits per heavy atom. The Labute approximate surface area is 170 Å². The summed E-state index contributed by atoms with van der Waals surface area (Å²) < 4.78 is 12.9. The molecule has 0 aliphatic carbocycles. The van der Waals surface area contributed by atoms with E-state index in [-0.39, 0.29) is 29.9 Å². The van der Waals surface area contributed by atoms with Gasteiger partial charge in [-0.3, -0.25) is 9.59 Å². The van der Waals surface area contributed by atoms with E-state index >= 15 is 0 Å².